The van der Waals surface area contributed by atoms with Gasteiger partial charge in [0, 0.05) is 13.2 Å². The summed E-state index contributed by atoms with van der Waals surface area (Å²) in [4.78, 5) is 0. The lowest BCUT2D eigenvalue weighted by molar-refractivity contribution is -0.0125. The molecule has 0 aromatic heterocycles. The fourth-order valence-corrected chi connectivity index (χ4v) is 2.62. The van der Waals surface area contributed by atoms with E-state index in [9.17, 15) is 0 Å². The predicted octanol–water partition coefficient (Wildman–Crippen LogP) is 2.19. The summed E-state index contributed by atoms with van der Waals surface area (Å²) in [5, 5.41) is 3.42. The highest BCUT2D eigenvalue weighted by atomic mass is 16.5. The van der Waals surface area contributed by atoms with Crippen LogP contribution in [0.5, 0.6) is 0 Å². The SMILES string of the molecule is CC1CCNCC1OCC1CCCC1. The molecule has 2 rings (SSSR count). The second-order valence-electron chi connectivity index (χ2n) is 4.99. The van der Waals surface area contributed by atoms with E-state index in [1.54, 1.807) is 0 Å². The smallest absolute Gasteiger partial charge is 0.0725 e. The molecule has 1 saturated heterocycles. The third kappa shape index (κ3) is 2.71. The lowest BCUT2D eigenvalue weighted by Gasteiger charge is -2.30. The number of hydrogen-bond donors (Lipinski definition) is 1. The lowest BCUT2D eigenvalue weighted by atomic mass is 9.97. The van der Waals surface area contributed by atoms with Crippen LogP contribution in [-0.2, 0) is 4.74 Å². The van der Waals surface area contributed by atoms with E-state index in [1.807, 2.05) is 0 Å². The minimum atomic E-state index is 0.476. The molecule has 2 nitrogen and oxygen atoms in total. The molecule has 0 aromatic carbocycles. The van der Waals surface area contributed by atoms with Crippen LogP contribution in [0, 0.1) is 11.8 Å². The molecule has 0 spiro atoms. The van der Waals surface area contributed by atoms with Crippen molar-refractivity contribution in [3.05, 3.63) is 0 Å². The van der Waals surface area contributed by atoms with Crippen LogP contribution >= 0.6 is 0 Å². The highest BCUT2D eigenvalue weighted by molar-refractivity contribution is 4.76. The Bertz CT molecular complexity index is 166. The van der Waals surface area contributed by atoms with Crippen LogP contribution in [-0.4, -0.2) is 25.8 Å². The van der Waals surface area contributed by atoms with Crippen LogP contribution in [0.15, 0.2) is 0 Å². The molecule has 0 amide bonds. The van der Waals surface area contributed by atoms with Gasteiger partial charge in [-0.25, -0.2) is 0 Å². The fraction of sp³-hybridized carbons (Fsp3) is 1.00. The van der Waals surface area contributed by atoms with E-state index in [4.69, 9.17) is 4.74 Å². The first kappa shape index (κ1) is 10.4. The predicted molar refractivity (Wildman–Crippen MR) is 58.3 cm³/mol. The molecule has 2 fully saturated rings. The molecule has 0 radical (unpaired) electrons. The molecule has 2 unspecified atom stereocenters. The van der Waals surface area contributed by atoms with E-state index in [2.05, 4.69) is 12.2 Å². The van der Waals surface area contributed by atoms with Crippen molar-refractivity contribution >= 4 is 0 Å². The van der Waals surface area contributed by atoms with Crippen LogP contribution < -0.4 is 5.32 Å². The maximum atomic E-state index is 6.02. The summed E-state index contributed by atoms with van der Waals surface area (Å²) < 4.78 is 6.02. The number of rotatable bonds is 3. The average Bonchev–Trinajstić information content (AvgIpc) is 2.69. The van der Waals surface area contributed by atoms with Gasteiger partial charge in [-0.2, -0.15) is 0 Å². The van der Waals surface area contributed by atoms with Crippen LogP contribution in [0.25, 0.3) is 0 Å². The van der Waals surface area contributed by atoms with Gasteiger partial charge in [0.15, 0.2) is 0 Å². The minimum Gasteiger partial charge on any atom is -0.376 e. The van der Waals surface area contributed by atoms with Gasteiger partial charge in [0.1, 0.15) is 0 Å². The Labute approximate surface area is 87.4 Å². The first-order chi connectivity index (χ1) is 6.86. The molecule has 1 aliphatic heterocycles. The molecular formula is C12H23NO. The summed E-state index contributed by atoms with van der Waals surface area (Å²) in [5.41, 5.74) is 0. The first-order valence-electron chi connectivity index (χ1n) is 6.18. The summed E-state index contributed by atoms with van der Waals surface area (Å²) in [6.45, 7) is 5.56. The Morgan fingerprint density at radius 3 is 2.71 bits per heavy atom. The fourth-order valence-electron chi connectivity index (χ4n) is 2.62. The van der Waals surface area contributed by atoms with Crippen molar-refractivity contribution in [2.75, 3.05) is 19.7 Å². The lowest BCUT2D eigenvalue weighted by Crippen LogP contribution is -2.41. The zero-order chi connectivity index (χ0) is 9.80. The van der Waals surface area contributed by atoms with Gasteiger partial charge >= 0.3 is 0 Å². The van der Waals surface area contributed by atoms with E-state index in [1.165, 1.54) is 38.6 Å². The number of piperidine rings is 1. The highest BCUT2D eigenvalue weighted by Gasteiger charge is 2.23. The molecule has 1 aliphatic carbocycles. The van der Waals surface area contributed by atoms with E-state index >= 15 is 0 Å². The topological polar surface area (TPSA) is 21.3 Å². The van der Waals surface area contributed by atoms with E-state index in [0.717, 1.165) is 25.0 Å². The molecular weight excluding hydrogens is 174 g/mol. The molecule has 0 aromatic rings. The number of ether oxygens (including phenoxy) is 1. The Morgan fingerprint density at radius 2 is 2.00 bits per heavy atom. The van der Waals surface area contributed by atoms with Gasteiger partial charge < -0.3 is 10.1 Å². The van der Waals surface area contributed by atoms with Gasteiger partial charge in [-0.3, -0.25) is 0 Å². The van der Waals surface area contributed by atoms with Crippen molar-refractivity contribution in [1.29, 1.82) is 0 Å². The Hall–Kier alpha value is -0.0800. The highest BCUT2D eigenvalue weighted by Crippen LogP contribution is 2.26. The summed E-state index contributed by atoms with van der Waals surface area (Å²) in [6, 6.07) is 0. The molecule has 1 saturated carbocycles. The normalized spacial score (nSPS) is 34.9. The molecule has 1 N–H and O–H groups in total. The van der Waals surface area contributed by atoms with Gasteiger partial charge in [0.2, 0.25) is 0 Å². The van der Waals surface area contributed by atoms with E-state index in [0.29, 0.717) is 6.10 Å². The summed E-state index contributed by atoms with van der Waals surface area (Å²) >= 11 is 0. The van der Waals surface area contributed by atoms with Crippen LogP contribution in [0.4, 0.5) is 0 Å². The van der Waals surface area contributed by atoms with Crippen molar-refractivity contribution in [3.8, 4) is 0 Å². The third-order valence-electron chi connectivity index (χ3n) is 3.78. The van der Waals surface area contributed by atoms with Crippen molar-refractivity contribution in [3.63, 3.8) is 0 Å². The van der Waals surface area contributed by atoms with Crippen LogP contribution in [0.2, 0.25) is 0 Å². The number of nitrogens with one attached hydrogen (secondary N) is 1. The zero-order valence-corrected chi connectivity index (χ0v) is 9.30. The van der Waals surface area contributed by atoms with Gasteiger partial charge in [-0.05, 0) is 37.6 Å². The van der Waals surface area contributed by atoms with Crippen LogP contribution in [0.3, 0.4) is 0 Å². The third-order valence-corrected chi connectivity index (χ3v) is 3.78. The standard InChI is InChI=1S/C12H23NO/c1-10-6-7-13-8-12(10)14-9-11-4-2-3-5-11/h10-13H,2-9H2,1H3. The van der Waals surface area contributed by atoms with E-state index in [-0.39, 0.29) is 0 Å². The first-order valence-corrected chi connectivity index (χ1v) is 6.18. The molecule has 2 atom stereocenters. The van der Waals surface area contributed by atoms with Crippen molar-refractivity contribution in [1.82, 2.24) is 5.32 Å². The molecule has 1 heterocycles. The van der Waals surface area contributed by atoms with Gasteiger partial charge in [-0.15, -0.1) is 0 Å². The maximum absolute atomic E-state index is 6.02. The average molecular weight is 197 g/mol. The molecule has 0 bridgehead atoms. The second kappa shape index (κ2) is 5.13. The Morgan fingerprint density at radius 1 is 1.21 bits per heavy atom. The van der Waals surface area contributed by atoms with Crippen molar-refractivity contribution in [2.45, 2.75) is 45.1 Å². The number of hydrogen-bond acceptors (Lipinski definition) is 2. The zero-order valence-electron chi connectivity index (χ0n) is 9.30. The van der Waals surface area contributed by atoms with Crippen molar-refractivity contribution in [2.24, 2.45) is 11.8 Å². The summed E-state index contributed by atoms with van der Waals surface area (Å²) in [7, 11) is 0. The molecule has 82 valence electrons. The minimum absolute atomic E-state index is 0.476. The summed E-state index contributed by atoms with van der Waals surface area (Å²) in [5.74, 6) is 1.61. The van der Waals surface area contributed by atoms with Crippen LogP contribution in [0.1, 0.15) is 39.0 Å². The molecule has 14 heavy (non-hydrogen) atoms. The van der Waals surface area contributed by atoms with Gasteiger partial charge in [-0.1, -0.05) is 19.8 Å². The Balaban J connectivity index is 1.67. The van der Waals surface area contributed by atoms with Gasteiger partial charge in [0.25, 0.3) is 0 Å². The van der Waals surface area contributed by atoms with Gasteiger partial charge in [0.05, 0.1) is 6.10 Å². The van der Waals surface area contributed by atoms with E-state index < -0.39 is 0 Å². The quantitative estimate of drug-likeness (QED) is 0.749. The molecule has 2 aliphatic rings. The monoisotopic (exact) mass is 197 g/mol. The second-order valence-corrected chi connectivity index (χ2v) is 4.99. The Kier molecular flexibility index (Phi) is 3.82. The molecule has 2 heteroatoms. The summed E-state index contributed by atoms with van der Waals surface area (Å²) in [6.07, 6.45) is 7.39. The van der Waals surface area contributed by atoms with Crippen molar-refractivity contribution < 1.29 is 4.74 Å². The maximum Gasteiger partial charge on any atom is 0.0725 e. The largest absolute Gasteiger partial charge is 0.376 e.